The van der Waals surface area contributed by atoms with Gasteiger partial charge in [-0.3, -0.25) is 9.89 Å². The van der Waals surface area contributed by atoms with Crippen molar-refractivity contribution in [1.29, 1.82) is 0 Å². The lowest BCUT2D eigenvalue weighted by molar-refractivity contribution is 0.0996. The Morgan fingerprint density at radius 1 is 1.42 bits per heavy atom. The molecule has 0 saturated carbocycles. The van der Waals surface area contributed by atoms with Crippen molar-refractivity contribution in [2.75, 3.05) is 11.9 Å². The molecule has 2 aromatic rings. The number of nitrogens with zero attached hydrogens (tertiary/aromatic N) is 3. The van der Waals surface area contributed by atoms with E-state index in [9.17, 15) is 4.79 Å². The quantitative estimate of drug-likeness (QED) is 0.918. The summed E-state index contributed by atoms with van der Waals surface area (Å²) in [4.78, 5) is 19.2. The van der Waals surface area contributed by atoms with Gasteiger partial charge in [-0.2, -0.15) is 5.10 Å². The molecule has 0 fully saturated rings. The molecule has 2 rings (SSSR count). The molecule has 0 spiro atoms. The molecule has 1 N–H and O–H groups in total. The second kappa shape index (κ2) is 4.77. The number of hydrogen-bond donors (Lipinski definition) is 1. The minimum atomic E-state index is -0.0492. The van der Waals surface area contributed by atoms with Crippen molar-refractivity contribution in [1.82, 2.24) is 15.2 Å². The van der Waals surface area contributed by atoms with Crippen molar-refractivity contribution in [3.63, 3.8) is 0 Å². The van der Waals surface area contributed by atoms with Crippen molar-refractivity contribution in [3.05, 3.63) is 28.0 Å². The largest absolute Gasteiger partial charge is 0.308 e. The molecule has 0 atom stereocenters. The van der Waals surface area contributed by atoms with E-state index in [1.54, 1.807) is 24.3 Å². The van der Waals surface area contributed by atoms with Crippen molar-refractivity contribution in [2.45, 2.75) is 33.1 Å². The van der Waals surface area contributed by atoms with Crippen LogP contribution in [0.25, 0.3) is 0 Å². The standard InChI is InChI=1S/C13H18N4OS/c1-8-10(19-12(16-8)13(2,3)4)11(18)17(5)9-6-14-15-7-9/h6-7H,1-5H3,(H,14,15). The molecule has 0 radical (unpaired) electrons. The van der Waals surface area contributed by atoms with E-state index in [0.29, 0.717) is 4.88 Å². The minimum absolute atomic E-state index is 0.0395. The summed E-state index contributed by atoms with van der Waals surface area (Å²) in [5.74, 6) is -0.0492. The fraction of sp³-hybridized carbons (Fsp3) is 0.462. The molecule has 2 heterocycles. The van der Waals surface area contributed by atoms with Crippen LogP contribution < -0.4 is 4.90 Å². The topological polar surface area (TPSA) is 61.9 Å². The Morgan fingerprint density at radius 2 is 2.11 bits per heavy atom. The van der Waals surface area contributed by atoms with Gasteiger partial charge >= 0.3 is 0 Å². The predicted molar refractivity (Wildman–Crippen MR) is 76.9 cm³/mol. The van der Waals surface area contributed by atoms with Crippen LogP contribution in [0.4, 0.5) is 5.69 Å². The van der Waals surface area contributed by atoms with Gasteiger partial charge in [0.1, 0.15) is 4.88 Å². The van der Waals surface area contributed by atoms with Gasteiger partial charge in [-0.25, -0.2) is 4.98 Å². The number of aromatic nitrogens is 3. The Hall–Kier alpha value is -1.69. The van der Waals surface area contributed by atoms with Crippen molar-refractivity contribution in [2.24, 2.45) is 0 Å². The van der Waals surface area contributed by atoms with Crippen LogP contribution in [-0.2, 0) is 5.41 Å². The van der Waals surface area contributed by atoms with E-state index in [4.69, 9.17) is 0 Å². The first-order valence-corrected chi connectivity index (χ1v) is 6.87. The maximum Gasteiger partial charge on any atom is 0.270 e. The van der Waals surface area contributed by atoms with Crippen LogP contribution in [-0.4, -0.2) is 28.1 Å². The molecule has 0 aliphatic heterocycles. The summed E-state index contributed by atoms with van der Waals surface area (Å²) in [6.07, 6.45) is 3.32. The average Bonchev–Trinajstić information content (AvgIpc) is 2.94. The Balaban J connectivity index is 2.32. The summed E-state index contributed by atoms with van der Waals surface area (Å²) in [7, 11) is 1.74. The number of thiazole rings is 1. The van der Waals surface area contributed by atoms with Gasteiger partial charge in [-0.05, 0) is 6.92 Å². The SMILES string of the molecule is Cc1nc(C(C)(C)C)sc1C(=O)N(C)c1cn[nH]c1. The van der Waals surface area contributed by atoms with Crippen molar-refractivity contribution in [3.8, 4) is 0 Å². The number of aryl methyl sites for hydroxylation is 1. The van der Waals surface area contributed by atoms with Crippen LogP contribution in [0.5, 0.6) is 0 Å². The van der Waals surface area contributed by atoms with E-state index in [1.807, 2.05) is 6.92 Å². The summed E-state index contributed by atoms with van der Waals surface area (Å²) in [5.41, 5.74) is 1.49. The van der Waals surface area contributed by atoms with E-state index < -0.39 is 0 Å². The summed E-state index contributed by atoms with van der Waals surface area (Å²) < 4.78 is 0. The van der Waals surface area contributed by atoms with Gasteiger partial charge in [0.25, 0.3) is 5.91 Å². The normalized spacial score (nSPS) is 11.6. The Morgan fingerprint density at radius 3 is 2.58 bits per heavy atom. The molecule has 2 aromatic heterocycles. The Labute approximate surface area is 116 Å². The molecular weight excluding hydrogens is 260 g/mol. The molecule has 0 aromatic carbocycles. The molecule has 0 unspecified atom stereocenters. The summed E-state index contributed by atoms with van der Waals surface area (Å²) >= 11 is 1.47. The highest BCUT2D eigenvalue weighted by Gasteiger charge is 2.25. The maximum absolute atomic E-state index is 12.5. The van der Waals surface area contributed by atoms with Gasteiger partial charge < -0.3 is 4.90 Å². The van der Waals surface area contributed by atoms with E-state index in [0.717, 1.165) is 16.4 Å². The number of anilines is 1. The van der Waals surface area contributed by atoms with Gasteiger partial charge in [0, 0.05) is 18.7 Å². The molecule has 1 amide bonds. The zero-order chi connectivity index (χ0) is 14.2. The number of nitrogens with one attached hydrogen (secondary N) is 1. The summed E-state index contributed by atoms with van der Waals surface area (Å²) in [6.45, 7) is 8.17. The number of amides is 1. The molecule has 102 valence electrons. The number of carbonyl (C=O) groups is 1. The van der Waals surface area contributed by atoms with E-state index >= 15 is 0 Å². The van der Waals surface area contributed by atoms with Crippen LogP contribution in [0.1, 0.15) is 41.1 Å². The third kappa shape index (κ3) is 2.68. The second-order valence-corrected chi connectivity index (χ2v) is 6.50. The van der Waals surface area contributed by atoms with Crippen LogP contribution in [0, 0.1) is 6.92 Å². The number of H-pyrrole nitrogens is 1. The first kappa shape index (κ1) is 13.7. The zero-order valence-corrected chi connectivity index (χ0v) is 12.6. The van der Waals surface area contributed by atoms with E-state index in [-0.39, 0.29) is 11.3 Å². The number of carbonyl (C=O) groups excluding carboxylic acids is 1. The van der Waals surface area contributed by atoms with Crippen molar-refractivity contribution >= 4 is 22.9 Å². The minimum Gasteiger partial charge on any atom is -0.308 e. The van der Waals surface area contributed by atoms with Gasteiger partial charge in [0.2, 0.25) is 0 Å². The van der Waals surface area contributed by atoms with Crippen molar-refractivity contribution < 1.29 is 4.79 Å². The van der Waals surface area contributed by atoms with Crippen LogP contribution in [0.2, 0.25) is 0 Å². The zero-order valence-electron chi connectivity index (χ0n) is 11.8. The second-order valence-electron chi connectivity index (χ2n) is 5.50. The highest BCUT2D eigenvalue weighted by atomic mass is 32.1. The third-order valence-electron chi connectivity index (χ3n) is 2.81. The monoisotopic (exact) mass is 278 g/mol. The lowest BCUT2D eigenvalue weighted by Gasteiger charge is -2.14. The summed E-state index contributed by atoms with van der Waals surface area (Å²) in [6, 6.07) is 0. The molecule has 5 nitrogen and oxygen atoms in total. The first-order valence-electron chi connectivity index (χ1n) is 6.05. The molecule has 0 aliphatic rings. The van der Waals surface area contributed by atoms with Crippen LogP contribution >= 0.6 is 11.3 Å². The van der Waals surface area contributed by atoms with Gasteiger partial charge in [-0.1, -0.05) is 20.8 Å². The van der Waals surface area contributed by atoms with E-state index in [2.05, 4.69) is 36.0 Å². The maximum atomic E-state index is 12.5. The Kier molecular flexibility index (Phi) is 3.45. The van der Waals surface area contributed by atoms with Crippen LogP contribution in [0.15, 0.2) is 12.4 Å². The molecule has 19 heavy (non-hydrogen) atoms. The van der Waals surface area contributed by atoms with Gasteiger partial charge in [0.15, 0.2) is 0 Å². The highest BCUT2D eigenvalue weighted by Crippen LogP contribution is 2.30. The lowest BCUT2D eigenvalue weighted by atomic mass is 9.98. The van der Waals surface area contributed by atoms with E-state index in [1.165, 1.54) is 11.3 Å². The van der Waals surface area contributed by atoms with Gasteiger partial charge in [-0.15, -0.1) is 11.3 Å². The average molecular weight is 278 g/mol. The summed E-state index contributed by atoms with van der Waals surface area (Å²) in [5, 5.41) is 7.54. The number of rotatable bonds is 2. The molecular formula is C13H18N4OS. The predicted octanol–water partition coefficient (Wildman–Crippen LogP) is 2.75. The van der Waals surface area contributed by atoms with Crippen LogP contribution in [0.3, 0.4) is 0 Å². The highest BCUT2D eigenvalue weighted by molar-refractivity contribution is 7.14. The number of hydrogen-bond acceptors (Lipinski definition) is 4. The molecule has 6 heteroatoms. The molecule has 0 saturated heterocycles. The Bertz CT molecular complexity index is 580. The fourth-order valence-corrected chi connectivity index (χ4v) is 2.71. The molecule has 0 bridgehead atoms. The van der Waals surface area contributed by atoms with Gasteiger partial charge in [0.05, 0.1) is 22.6 Å². The molecule has 0 aliphatic carbocycles. The fourth-order valence-electron chi connectivity index (χ4n) is 1.61. The lowest BCUT2D eigenvalue weighted by Crippen LogP contribution is -2.25. The number of aromatic amines is 1. The first-order chi connectivity index (χ1) is 8.80. The third-order valence-corrected chi connectivity index (χ3v) is 4.38. The smallest absolute Gasteiger partial charge is 0.270 e.